The second kappa shape index (κ2) is 7.77. The molecular weight excluding hydrogens is 274 g/mol. The number of unbranched alkanes of at least 4 members (excludes halogenated alkanes) is 2. The van der Waals surface area contributed by atoms with E-state index in [-0.39, 0.29) is 11.4 Å². The Morgan fingerprint density at radius 2 is 2.05 bits per heavy atom. The van der Waals surface area contributed by atoms with Crippen molar-refractivity contribution in [3.8, 4) is 0 Å². The van der Waals surface area contributed by atoms with Crippen molar-refractivity contribution in [3.05, 3.63) is 35.9 Å². The third-order valence-corrected chi connectivity index (χ3v) is 5.05. The molecule has 1 aliphatic heterocycles. The van der Waals surface area contributed by atoms with Gasteiger partial charge in [0.2, 0.25) is 0 Å². The van der Waals surface area contributed by atoms with Gasteiger partial charge >= 0.3 is 5.97 Å². The number of nitrogens with zero attached hydrogens (tertiary/aromatic N) is 1. The molecule has 0 saturated carbocycles. The van der Waals surface area contributed by atoms with E-state index in [9.17, 15) is 4.79 Å². The number of benzene rings is 1. The molecule has 0 bridgehead atoms. The summed E-state index contributed by atoms with van der Waals surface area (Å²) in [6.07, 6.45) is 4.42. The summed E-state index contributed by atoms with van der Waals surface area (Å²) in [5, 5.41) is 0. The van der Waals surface area contributed by atoms with Gasteiger partial charge in [-0.3, -0.25) is 9.69 Å². The maximum absolute atomic E-state index is 12.5. The van der Waals surface area contributed by atoms with Crippen LogP contribution in [0, 0.1) is 11.3 Å². The first-order chi connectivity index (χ1) is 10.6. The molecule has 0 aromatic heterocycles. The van der Waals surface area contributed by atoms with Crippen molar-refractivity contribution < 1.29 is 9.53 Å². The van der Waals surface area contributed by atoms with Crippen LogP contribution in [0.15, 0.2) is 30.3 Å². The monoisotopic (exact) mass is 303 g/mol. The molecule has 2 atom stereocenters. The highest BCUT2D eigenvalue weighted by Gasteiger charge is 2.50. The van der Waals surface area contributed by atoms with Crippen LogP contribution in [-0.4, -0.2) is 31.1 Å². The lowest BCUT2D eigenvalue weighted by Crippen LogP contribution is -2.39. The molecule has 0 amide bonds. The van der Waals surface area contributed by atoms with Crippen molar-refractivity contribution in [1.29, 1.82) is 0 Å². The Kier molecular flexibility index (Phi) is 6.01. The Morgan fingerprint density at radius 1 is 1.32 bits per heavy atom. The number of carbonyl (C=O) groups excluding carboxylic acids is 1. The molecule has 1 aliphatic rings. The number of esters is 1. The molecule has 0 unspecified atom stereocenters. The molecule has 1 aromatic rings. The van der Waals surface area contributed by atoms with E-state index in [0.717, 1.165) is 32.5 Å². The average molecular weight is 303 g/mol. The summed E-state index contributed by atoms with van der Waals surface area (Å²) in [5.41, 5.74) is 0.988. The summed E-state index contributed by atoms with van der Waals surface area (Å²) in [6, 6.07) is 10.5. The zero-order chi connectivity index (χ0) is 16.0. The SMILES string of the molecule is CCCCC[C@]1(C(=O)OC)CN(Cc2ccccc2)C[C@@H]1C. The number of rotatable bonds is 7. The summed E-state index contributed by atoms with van der Waals surface area (Å²) in [6.45, 7) is 7.10. The van der Waals surface area contributed by atoms with Crippen LogP contribution in [0.5, 0.6) is 0 Å². The van der Waals surface area contributed by atoms with Gasteiger partial charge in [0.15, 0.2) is 0 Å². The zero-order valence-corrected chi connectivity index (χ0v) is 14.2. The summed E-state index contributed by atoms with van der Waals surface area (Å²) < 4.78 is 5.17. The van der Waals surface area contributed by atoms with Crippen molar-refractivity contribution in [2.24, 2.45) is 11.3 Å². The van der Waals surface area contributed by atoms with Crippen molar-refractivity contribution >= 4 is 5.97 Å². The molecule has 122 valence electrons. The first-order valence-corrected chi connectivity index (χ1v) is 8.47. The summed E-state index contributed by atoms with van der Waals surface area (Å²) >= 11 is 0. The van der Waals surface area contributed by atoms with Crippen molar-refractivity contribution in [2.75, 3.05) is 20.2 Å². The van der Waals surface area contributed by atoms with Crippen LogP contribution in [0.25, 0.3) is 0 Å². The fourth-order valence-electron chi connectivity index (χ4n) is 3.73. The molecule has 1 aromatic carbocycles. The quantitative estimate of drug-likeness (QED) is 0.565. The van der Waals surface area contributed by atoms with Crippen LogP contribution in [0.1, 0.15) is 45.1 Å². The lowest BCUT2D eigenvalue weighted by atomic mass is 9.75. The molecule has 1 fully saturated rings. The highest BCUT2D eigenvalue weighted by Crippen LogP contribution is 2.42. The maximum Gasteiger partial charge on any atom is 0.313 e. The van der Waals surface area contributed by atoms with Gasteiger partial charge in [0.25, 0.3) is 0 Å². The summed E-state index contributed by atoms with van der Waals surface area (Å²) in [4.78, 5) is 14.9. The highest BCUT2D eigenvalue weighted by atomic mass is 16.5. The Labute approximate surface area is 134 Å². The Morgan fingerprint density at radius 3 is 2.68 bits per heavy atom. The van der Waals surface area contributed by atoms with Gasteiger partial charge in [-0.25, -0.2) is 0 Å². The van der Waals surface area contributed by atoms with Crippen LogP contribution in [0.4, 0.5) is 0 Å². The van der Waals surface area contributed by atoms with Gasteiger partial charge in [-0.2, -0.15) is 0 Å². The minimum absolute atomic E-state index is 0.0216. The molecule has 0 radical (unpaired) electrons. The number of hydrogen-bond donors (Lipinski definition) is 0. The maximum atomic E-state index is 12.5. The zero-order valence-electron chi connectivity index (χ0n) is 14.2. The van der Waals surface area contributed by atoms with E-state index >= 15 is 0 Å². The fourth-order valence-corrected chi connectivity index (χ4v) is 3.73. The van der Waals surface area contributed by atoms with Gasteiger partial charge in [-0.15, -0.1) is 0 Å². The first-order valence-electron chi connectivity index (χ1n) is 8.47. The van der Waals surface area contributed by atoms with Gasteiger partial charge in [0, 0.05) is 19.6 Å². The van der Waals surface area contributed by atoms with E-state index in [0.29, 0.717) is 5.92 Å². The third-order valence-electron chi connectivity index (χ3n) is 5.05. The Hall–Kier alpha value is -1.35. The fraction of sp³-hybridized carbons (Fsp3) is 0.632. The normalized spacial score (nSPS) is 25.3. The van der Waals surface area contributed by atoms with E-state index in [1.165, 1.54) is 25.5 Å². The van der Waals surface area contributed by atoms with Gasteiger partial charge in [-0.1, -0.05) is 63.4 Å². The molecule has 2 rings (SSSR count). The summed E-state index contributed by atoms with van der Waals surface area (Å²) in [5.74, 6) is 0.326. The Bertz CT molecular complexity index is 474. The molecular formula is C19H29NO2. The smallest absolute Gasteiger partial charge is 0.313 e. The second-order valence-corrected chi connectivity index (χ2v) is 6.66. The van der Waals surface area contributed by atoms with Gasteiger partial charge in [-0.05, 0) is 17.9 Å². The van der Waals surface area contributed by atoms with Crippen molar-refractivity contribution in [1.82, 2.24) is 4.90 Å². The largest absolute Gasteiger partial charge is 0.469 e. The molecule has 3 heteroatoms. The number of methoxy groups -OCH3 is 1. The average Bonchev–Trinajstić information content (AvgIpc) is 2.84. The van der Waals surface area contributed by atoms with Gasteiger partial charge < -0.3 is 4.74 Å². The van der Waals surface area contributed by atoms with Gasteiger partial charge in [0.05, 0.1) is 12.5 Å². The summed E-state index contributed by atoms with van der Waals surface area (Å²) in [7, 11) is 1.52. The van der Waals surface area contributed by atoms with E-state index in [1.807, 2.05) is 6.07 Å². The highest BCUT2D eigenvalue weighted by molar-refractivity contribution is 5.78. The minimum atomic E-state index is -0.321. The molecule has 3 nitrogen and oxygen atoms in total. The van der Waals surface area contributed by atoms with Crippen LogP contribution in [0.2, 0.25) is 0 Å². The van der Waals surface area contributed by atoms with Gasteiger partial charge in [0.1, 0.15) is 0 Å². The van der Waals surface area contributed by atoms with E-state index in [1.54, 1.807) is 0 Å². The first kappa shape index (κ1) is 17.0. The number of likely N-dealkylation sites (tertiary alicyclic amines) is 1. The molecule has 0 spiro atoms. The lowest BCUT2D eigenvalue weighted by Gasteiger charge is -2.30. The predicted molar refractivity (Wildman–Crippen MR) is 89.5 cm³/mol. The topological polar surface area (TPSA) is 29.5 Å². The third kappa shape index (κ3) is 3.70. The van der Waals surface area contributed by atoms with Crippen LogP contribution >= 0.6 is 0 Å². The van der Waals surface area contributed by atoms with Crippen LogP contribution in [-0.2, 0) is 16.1 Å². The van der Waals surface area contributed by atoms with E-state index in [2.05, 4.69) is 43.0 Å². The lowest BCUT2D eigenvalue weighted by molar-refractivity contribution is -0.154. The molecule has 1 heterocycles. The minimum Gasteiger partial charge on any atom is -0.469 e. The van der Waals surface area contributed by atoms with E-state index in [4.69, 9.17) is 4.74 Å². The van der Waals surface area contributed by atoms with Crippen LogP contribution in [0.3, 0.4) is 0 Å². The van der Waals surface area contributed by atoms with E-state index < -0.39 is 0 Å². The second-order valence-electron chi connectivity index (χ2n) is 6.66. The number of hydrogen-bond acceptors (Lipinski definition) is 3. The van der Waals surface area contributed by atoms with Crippen molar-refractivity contribution in [2.45, 2.75) is 46.1 Å². The van der Waals surface area contributed by atoms with Crippen molar-refractivity contribution in [3.63, 3.8) is 0 Å². The standard InChI is InChI=1S/C19H29NO2/c1-4-5-9-12-19(18(21)22-3)15-20(13-16(19)2)14-17-10-7-6-8-11-17/h6-8,10-11,16H,4-5,9,12-15H2,1-3H3/t16-,19-/m0/s1. The molecule has 0 N–H and O–H groups in total. The molecule has 22 heavy (non-hydrogen) atoms. The number of ether oxygens (including phenoxy) is 1. The van der Waals surface area contributed by atoms with Crippen LogP contribution < -0.4 is 0 Å². The molecule has 1 saturated heterocycles. The number of carbonyl (C=O) groups is 1. The molecule has 0 aliphatic carbocycles. The predicted octanol–water partition coefficient (Wildman–Crippen LogP) is 3.88. The Balaban J connectivity index is 2.08.